The lowest BCUT2D eigenvalue weighted by atomic mass is 10.1. The molecule has 1 fully saturated rings. The van der Waals surface area contributed by atoms with Crippen LogP contribution in [-0.2, 0) is 6.54 Å². The van der Waals surface area contributed by atoms with Gasteiger partial charge in [0, 0.05) is 29.5 Å². The second-order valence-electron chi connectivity index (χ2n) is 4.79. The molecule has 0 aromatic heterocycles. The first-order valence-electron chi connectivity index (χ1n) is 6.57. The highest BCUT2D eigenvalue weighted by atomic mass is 32.2. The summed E-state index contributed by atoms with van der Waals surface area (Å²) >= 11 is 1.98. The maximum absolute atomic E-state index is 13.6. The van der Waals surface area contributed by atoms with Crippen molar-refractivity contribution in [3.05, 3.63) is 35.1 Å². The number of primary amides is 1. The fraction of sp³-hybridized carbons (Fsp3) is 0.500. The van der Waals surface area contributed by atoms with Gasteiger partial charge in [0.1, 0.15) is 5.82 Å². The first-order valence-corrected chi connectivity index (χ1v) is 7.62. The van der Waals surface area contributed by atoms with E-state index in [1.165, 1.54) is 43.2 Å². The molecule has 5 heteroatoms. The number of halogens is 1. The molecule has 1 heterocycles. The van der Waals surface area contributed by atoms with E-state index in [2.05, 4.69) is 5.32 Å². The normalized spacial score (nSPS) is 19.3. The number of nitrogens with one attached hydrogen (secondary N) is 1. The molecule has 19 heavy (non-hydrogen) atoms. The molecule has 1 aliphatic heterocycles. The maximum Gasteiger partial charge on any atom is 0.248 e. The summed E-state index contributed by atoms with van der Waals surface area (Å²) < 4.78 is 13.6. The molecular formula is C14H19FN2OS. The van der Waals surface area contributed by atoms with Crippen molar-refractivity contribution < 1.29 is 9.18 Å². The van der Waals surface area contributed by atoms with Crippen molar-refractivity contribution in [3.8, 4) is 0 Å². The van der Waals surface area contributed by atoms with E-state index < -0.39 is 5.91 Å². The summed E-state index contributed by atoms with van der Waals surface area (Å²) in [7, 11) is 0. The van der Waals surface area contributed by atoms with E-state index in [1.807, 2.05) is 11.8 Å². The van der Waals surface area contributed by atoms with E-state index in [9.17, 15) is 9.18 Å². The minimum absolute atomic E-state index is 0.297. The lowest BCUT2D eigenvalue weighted by molar-refractivity contribution is 0.1000. The van der Waals surface area contributed by atoms with Crippen LogP contribution in [0.1, 0.15) is 35.2 Å². The molecule has 3 N–H and O–H groups in total. The van der Waals surface area contributed by atoms with Crippen molar-refractivity contribution in [1.29, 1.82) is 0 Å². The number of amides is 1. The zero-order valence-corrected chi connectivity index (χ0v) is 11.6. The monoisotopic (exact) mass is 282 g/mol. The third-order valence-electron chi connectivity index (χ3n) is 3.29. The molecule has 3 nitrogen and oxygen atoms in total. The van der Waals surface area contributed by atoms with E-state index >= 15 is 0 Å². The van der Waals surface area contributed by atoms with Crippen LogP contribution in [0.4, 0.5) is 4.39 Å². The summed E-state index contributed by atoms with van der Waals surface area (Å²) in [5.74, 6) is 0.399. The molecule has 1 aromatic carbocycles. The predicted octanol–water partition coefficient (Wildman–Crippen LogP) is 2.30. The van der Waals surface area contributed by atoms with Gasteiger partial charge in [-0.2, -0.15) is 11.8 Å². The number of hydrogen-bond acceptors (Lipinski definition) is 3. The predicted molar refractivity (Wildman–Crippen MR) is 76.7 cm³/mol. The molecule has 1 aliphatic rings. The van der Waals surface area contributed by atoms with Crippen LogP contribution in [0, 0.1) is 5.82 Å². The molecule has 0 saturated carbocycles. The molecule has 104 valence electrons. The van der Waals surface area contributed by atoms with E-state index in [4.69, 9.17) is 5.73 Å². The summed E-state index contributed by atoms with van der Waals surface area (Å²) in [6, 6.07) is 4.24. The maximum atomic E-state index is 13.6. The van der Waals surface area contributed by atoms with Crippen LogP contribution in [0.3, 0.4) is 0 Å². The van der Waals surface area contributed by atoms with Gasteiger partial charge in [-0.3, -0.25) is 4.79 Å². The zero-order valence-electron chi connectivity index (χ0n) is 10.8. The van der Waals surface area contributed by atoms with Crippen LogP contribution in [0.5, 0.6) is 0 Å². The Morgan fingerprint density at radius 1 is 1.47 bits per heavy atom. The van der Waals surface area contributed by atoms with Crippen LogP contribution in [0.2, 0.25) is 0 Å². The molecule has 1 unspecified atom stereocenters. The average molecular weight is 282 g/mol. The zero-order chi connectivity index (χ0) is 13.7. The Morgan fingerprint density at radius 2 is 2.32 bits per heavy atom. The summed E-state index contributed by atoms with van der Waals surface area (Å²) in [5, 5.41) is 3.89. The summed E-state index contributed by atoms with van der Waals surface area (Å²) in [5.41, 5.74) is 6.04. The van der Waals surface area contributed by atoms with Gasteiger partial charge in [0.2, 0.25) is 5.91 Å². The fourth-order valence-electron chi connectivity index (χ4n) is 2.20. The lowest BCUT2D eigenvalue weighted by Crippen LogP contribution is -2.26. The largest absolute Gasteiger partial charge is 0.366 e. The van der Waals surface area contributed by atoms with Gasteiger partial charge in [-0.1, -0.05) is 6.42 Å². The Balaban J connectivity index is 1.87. The Morgan fingerprint density at radius 3 is 3.00 bits per heavy atom. The molecule has 1 saturated heterocycles. The van der Waals surface area contributed by atoms with Gasteiger partial charge in [0.25, 0.3) is 0 Å². The highest BCUT2D eigenvalue weighted by Gasteiger charge is 2.13. The van der Waals surface area contributed by atoms with E-state index in [1.54, 1.807) is 0 Å². The Hall–Kier alpha value is -1.07. The topological polar surface area (TPSA) is 55.1 Å². The van der Waals surface area contributed by atoms with Crippen LogP contribution in [0.15, 0.2) is 18.2 Å². The van der Waals surface area contributed by atoms with Crippen molar-refractivity contribution in [3.63, 3.8) is 0 Å². The fourth-order valence-corrected chi connectivity index (χ4v) is 3.47. The molecule has 0 aliphatic carbocycles. The van der Waals surface area contributed by atoms with Crippen LogP contribution in [0.25, 0.3) is 0 Å². The van der Waals surface area contributed by atoms with E-state index in [0.717, 1.165) is 6.54 Å². The standard InChI is InChI=1S/C14H19FN2OS/c15-13-5-4-10(14(16)18)7-11(13)8-17-9-12-3-1-2-6-19-12/h4-5,7,12,17H,1-3,6,8-9H2,(H2,16,18). The number of nitrogens with two attached hydrogens (primary N) is 1. The highest BCUT2D eigenvalue weighted by molar-refractivity contribution is 7.99. The van der Waals surface area contributed by atoms with Gasteiger partial charge < -0.3 is 11.1 Å². The van der Waals surface area contributed by atoms with E-state index in [0.29, 0.717) is 22.9 Å². The van der Waals surface area contributed by atoms with Gasteiger partial charge in [-0.05, 0) is 36.8 Å². The highest BCUT2D eigenvalue weighted by Crippen LogP contribution is 2.24. The number of thioether (sulfide) groups is 1. The molecule has 2 rings (SSSR count). The second-order valence-corrected chi connectivity index (χ2v) is 6.20. The van der Waals surface area contributed by atoms with Gasteiger partial charge in [0.15, 0.2) is 0 Å². The minimum Gasteiger partial charge on any atom is -0.366 e. The Kier molecular flexibility index (Phi) is 5.22. The first kappa shape index (κ1) is 14.3. The van der Waals surface area contributed by atoms with Crippen molar-refractivity contribution in [2.24, 2.45) is 5.73 Å². The van der Waals surface area contributed by atoms with Crippen molar-refractivity contribution in [2.45, 2.75) is 31.1 Å². The van der Waals surface area contributed by atoms with Gasteiger partial charge in [-0.15, -0.1) is 0 Å². The molecule has 0 bridgehead atoms. The van der Waals surface area contributed by atoms with Crippen LogP contribution < -0.4 is 11.1 Å². The van der Waals surface area contributed by atoms with Crippen molar-refractivity contribution in [1.82, 2.24) is 5.32 Å². The van der Waals surface area contributed by atoms with Gasteiger partial charge in [0.05, 0.1) is 0 Å². The molecule has 1 aromatic rings. The summed E-state index contributed by atoms with van der Waals surface area (Å²) in [6.07, 6.45) is 3.81. The molecular weight excluding hydrogens is 263 g/mol. The summed E-state index contributed by atoms with van der Waals surface area (Å²) in [6.45, 7) is 1.31. The molecule has 1 amide bonds. The SMILES string of the molecule is NC(=O)c1ccc(F)c(CNCC2CCCCS2)c1. The molecule has 0 radical (unpaired) electrons. The molecule has 0 spiro atoms. The Labute approximate surface area is 117 Å². The first-order chi connectivity index (χ1) is 9.16. The number of benzene rings is 1. The third kappa shape index (κ3) is 4.21. The van der Waals surface area contributed by atoms with Gasteiger partial charge >= 0.3 is 0 Å². The third-order valence-corrected chi connectivity index (χ3v) is 4.69. The smallest absolute Gasteiger partial charge is 0.248 e. The minimum atomic E-state index is -0.524. The summed E-state index contributed by atoms with van der Waals surface area (Å²) in [4.78, 5) is 11.1. The quantitative estimate of drug-likeness (QED) is 0.871. The Bertz CT molecular complexity index is 447. The van der Waals surface area contributed by atoms with Gasteiger partial charge in [-0.25, -0.2) is 4.39 Å². The number of carbonyl (C=O) groups is 1. The van der Waals surface area contributed by atoms with Crippen molar-refractivity contribution in [2.75, 3.05) is 12.3 Å². The van der Waals surface area contributed by atoms with Crippen LogP contribution in [-0.4, -0.2) is 23.5 Å². The number of hydrogen-bond donors (Lipinski definition) is 2. The number of rotatable bonds is 5. The lowest BCUT2D eigenvalue weighted by Gasteiger charge is -2.21. The number of carbonyl (C=O) groups excluding carboxylic acids is 1. The van der Waals surface area contributed by atoms with Crippen molar-refractivity contribution >= 4 is 17.7 Å². The van der Waals surface area contributed by atoms with E-state index in [-0.39, 0.29) is 5.82 Å². The van der Waals surface area contributed by atoms with Crippen LogP contribution >= 0.6 is 11.8 Å². The second kappa shape index (κ2) is 6.91. The molecule has 1 atom stereocenters. The average Bonchev–Trinajstić information content (AvgIpc) is 2.42.